The summed E-state index contributed by atoms with van der Waals surface area (Å²) in [5, 5.41) is 65.0. The van der Waals surface area contributed by atoms with Gasteiger partial charge < -0.3 is 70.7 Å². The van der Waals surface area contributed by atoms with E-state index in [0.29, 0.717) is 39.4 Å². The summed E-state index contributed by atoms with van der Waals surface area (Å²) in [7, 11) is 0. The molecule has 0 radical (unpaired) electrons. The molecule has 2 amide bonds. The number of fused-ring (bicyclic) bond motifs is 6. The number of pyridine rings is 2. The van der Waals surface area contributed by atoms with Gasteiger partial charge in [0.1, 0.15) is 51.5 Å². The number of phenolic OH excluding ortho intramolecular Hbond substituents is 6. The first-order valence-electron chi connectivity index (χ1n) is 30.3. The van der Waals surface area contributed by atoms with Gasteiger partial charge in [-0.2, -0.15) is 0 Å². The van der Waals surface area contributed by atoms with Gasteiger partial charge >= 0.3 is 9.75 Å². The molecule has 12 rings (SSSR count). The predicted molar refractivity (Wildman–Crippen MR) is 398 cm³/mol. The average Bonchev–Trinajstić information content (AvgIpc) is 1.63. The Morgan fingerprint density at radius 1 is 0.361 bits per heavy atom. The van der Waals surface area contributed by atoms with Crippen molar-refractivity contribution in [2.75, 3.05) is 23.8 Å². The summed E-state index contributed by atoms with van der Waals surface area (Å²) >= 11 is 2.34. The second kappa shape index (κ2) is 30.3. The van der Waals surface area contributed by atoms with Crippen molar-refractivity contribution in [1.29, 1.82) is 0 Å². The van der Waals surface area contributed by atoms with Crippen LogP contribution in [0.25, 0.3) is 42.2 Å². The molecule has 10 aromatic rings. The minimum absolute atomic E-state index is 0. The molecule has 4 aromatic heterocycles. The number of rotatable bonds is 0. The van der Waals surface area contributed by atoms with Gasteiger partial charge in [-0.3, -0.25) is 28.8 Å². The van der Waals surface area contributed by atoms with E-state index in [0.717, 1.165) is 70.4 Å². The number of nitrogens with one attached hydrogen (secondary N) is 6. The molecule has 0 fully saturated rings. The van der Waals surface area contributed by atoms with Crippen LogP contribution >= 0.6 is 22.7 Å². The number of ether oxygens (including phenoxy) is 2. The fraction of sp³-hybridized carbons (Fsp3) is 0.387. The van der Waals surface area contributed by atoms with Crippen LogP contribution in [0.4, 0.5) is 11.4 Å². The van der Waals surface area contributed by atoms with Gasteiger partial charge in [0, 0.05) is 52.2 Å². The molecule has 6 aromatic carbocycles. The third-order valence-electron chi connectivity index (χ3n) is 15.1. The minimum atomic E-state index is -0.242. The van der Waals surface area contributed by atoms with Crippen LogP contribution in [-0.4, -0.2) is 75.6 Å². The second-order valence-corrected chi connectivity index (χ2v) is 31.1. The summed E-state index contributed by atoms with van der Waals surface area (Å²) in [6.45, 7) is 37.3. The lowest BCUT2D eigenvalue weighted by Crippen LogP contribution is -2.27. The topological polar surface area (TPSA) is 329 Å². The number of aromatic amines is 4. The van der Waals surface area contributed by atoms with E-state index in [4.69, 9.17) is 9.47 Å². The summed E-state index contributed by atoms with van der Waals surface area (Å²) in [6.07, 6.45) is 0. The van der Waals surface area contributed by atoms with Crippen molar-refractivity contribution in [2.45, 2.75) is 179 Å². The van der Waals surface area contributed by atoms with E-state index in [9.17, 15) is 59.4 Å². The second-order valence-electron chi connectivity index (χ2n) is 29.1. The van der Waals surface area contributed by atoms with E-state index in [-0.39, 0.29) is 135 Å². The van der Waals surface area contributed by atoms with Gasteiger partial charge in [-0.05, 0) is 103 Å². The van der Waals surface area contributed by atoms with Crippen LogP contribution in [0, 0.1) is 0 Å². The van der Waals surface area contributed by atoms with Gasteiger partial charge in [0.15, 0.2) is 19.0 Å². The Kier molecular flexibility index (Phi) is 24.9. The lowest BCUT2D eigenvalue weighted by molar-refractivity contribution is -0.119. The highest BCUT2D eigenvalue weighted by Crippen LogP contribution is 2.45. The molecule has 22 heteroatoms. The number of hydrogen-bond acceptors (Lipinski definition) is 16. The number of thiazole rings is 2. The van der Waals surface area contributed by atoms with Crippen molar-refractivity contribution in [3.63, 3.8) is 0 Å². The molecule has 2 aliphatic heterocycles. The van der Waals surface area contributed by atoms with Gasteiger partial charge in [0.25, 0.3) is 11.8 Å². The molecule has 0 spiro atoms. The number of carbonyl (C=O) groups excluding carboxylic acids is 2. The molecule has 20 nitrogen and oxygen atoms in total. The maximum atomic E-state index is 11.3. The number of aromatic nitrogens is 4. The highest BCUT2D eigenvalue weighted by Gasteiger charge is 2.30. The molecule has 524 valence electrons. The lowest BCUT2D eigenvalue weighted by atomic mass is 9.84. The first-order valence-corrected chi connectivity index (χ1v) is 32.0. The molecule has 97 heavy (non-hydrogen) atoms. The van der Waals surface area contributed by atoms with Gasteiger partial charge in [0.05, 0.1) is 31.6 Å². The first-order chi connectivity index (χ1) is 43.3. The van der Waals surface area contributed by atoms with Crippen molar-refractivity contribution in [3.8, 4) is 46.0 Å². The number of amides is 2. The molecule has 0 unspecified atom stereocenters. The van der Waals surface area contributed by atoms with Crippen molar-refractivity contribution < 1.29 is 49.7 Å². The highest BCUT2D eigenvalue weighted by molar-refractivity contribution is 7.17. The quantitative estimate of drug-likeness (QED) is 0.0628. The fourth-order valence-corrected chi connectivity index (χ4v) is 12.6. The Labute approximate surface area is 574 Å². The minimum Gasteiger partial charge on any atom is -0.508 e. The van der Waals surface area contributed by atoms with Crippen molar-refractivity contribution in [2.24, 2.45) is 0 Å². The van der Waals surface area contributed by atoms with Crippen LogP contribution in [0.5, 0.6) is 46.0 Å². The van der Waals surface area contributed by atoms with E-state index in [2.05, 4.69) is 134 Å². The van der Waals surface area contributed by atoms with E-state index in [1.807, 2.05) is 39.0 Å². The molecule has 2 aliphatic rings. The SMILES string of the molecule is C.C.C.CC(C)(C)c1cc(O)cc2[nH]c(=O)ccc12.CC(C)(C)c1cc(O)cc2[nH]c(=O)sc12.CC(C)(C)c1cc(O)cc2c1OCC(=O)N2.CC(C)(C)c1ccc(O)c2[nH]c(=O)ccc12.CC(C)(C)c1ccc(O)c2[nH]c(=O)sc12.CC(C)(C)c1ccc(O)c2c1OCC(=O)N2. The molecule has 12 N–H and O–H groups in total. The highest BCUT2D eigenvalue weighted by atomic mass is 32.1. The van der Waals surface area contributed by atoms with Crippen molar-refractivity contribution in [1.82, 2.24) is 19.9 Å². The summed E-state index contributed by atoms with van der Waals surface area (Å²) in [6, 6.07) is 26.8. The zero-order valence-electron chi connectivity index (χ0n) is 56.4. The summed E-state index contributed by atoms with van der Waals surface area (Å²) in [5.41, 5.74) is 8.66. The summed E-state index contributed by atoms with van der Waals surface area (Å²) < 4.78 is 12.6. The van der Waals surface area contributed by atoms with Gasteiger partial charge in [-0.15, -0.1) is 0 Å². The fourth-order valence-electron chi connectivity index (χ4n) is 10.5. The average molecular weight is 1370 g/mol. The smallest absolute Gasteiger partial charge is 0.305 e. The van der Waals surface area contributed by atoms with Crippen LogP contribution in [0.15, 0.2) is 116 Å². The third-order valence-corrected chi connectivity index (χ3v) is 16.9. The van der Waals surface area contributed by atoms with Gasteiger partial charge in [-0.1, -0.05) is 188 Å². The maximum absolute atomic E-state index is 11.3. The first kappa shape index (κ1) is 79.9. The number of aromatic hydroxyl groups is 6. The van der Waals surface area contributed by atoms with Crippen molar-refractivity contribution in [3.05, 3.63) is 170 Å². The van der Waals surface area contributed by atoms with E-state index in [1.54, 1.807) is 60.7 Å². The number of phenols is 6. The Morgan fingerprint density at radius 3 is 1.34 bits per heavy atom. The van der Waals surface area contributed by atoms with Crippen LogP contribution in [-0.2, 0) is 42.1 Å². The molecule has 0 saturated heterocycles. The molecule has 0 saturated carbocycles. The summed E-state index contributed by atoms with van der Waals surface area (Å²) in [4.78, 5) is 77.9. The normalized spacial score (nSPS) is 12.7. The standard InChI is InChI=1S/2C13H15NO2.2C12H15NO3.2C11H13NO2S.3CH4/c1-13(2,3)9-5-6-10(15)12-8(9)4-7-11(16)14-12;1-13(2,3)10-6-8(15)7-11-9(10)4-5-12(16)14-11;1-12(2,3)8-4-7(14)5-9-11(8)16-6-10(15)13-9;1-12(2,3)7-4-5-8(14)10-11(7)16-6-9(15)13-10;1-11(2,3)7-4-6(13)5-8-9(7)15-10(14)12-8;1-11(2,3)6-4-5-7(13)8-9(6)15-10(14)12-8;;;/h2*4-7,15H,1-3H3,(H,14,16);2*4-5,14H,6H2,1-3H3,(H,13,15);2*4-5,13H,1-3H3,(H,12,14);3*1H4. The zero-order chi connectivity index (χ0) is 70.1. The number of carbonyl (C=O) groups is 2. The largest absolute Gasteiger partial charge is 0.508 e. The Hall–Kier alpha value is -9.54. The molecule has 0 aliphatic carbocycles. The molecule has 0 atom stereocenters. The number of benzene rings is 6. The maximum Gasteiger partial charge on any atom is 0.305 e. The molecule has 0 bridgehead atoms. The van der Waals surface area contributed by atoms with Gasteiger partial charge in [0.2, 0.25) is 11.1 Å². The Morgan fingerprint density at radius 2 is 0.784 bits per heavy atom. The zero-order valence-corrected chi connectivity index (χ0v) is 58.1. The number of anilines is 2. The molecule has 6 heterocycles. The number of H-pyrrole nitrogens is 4. The number of hydrogen-bond donors (Lipinski definition) is 12. The summed E-state index contributed by atoms with van der Waals surface area (Å²) in [5.74, 6) is 1.59. The monoisotopic (exact) mass is 1370 g/mol. The van der Waals surface area contributed by atoms with Crippen molar-refractivity contribution >= 4 is 88.1 Å². The van der Waals surface area contributed by atoms with E-state index >= 15 is 0 Å². The third kappa shape index (κ3) is 19.6. The van der Waals surface area contributed by atoms with E-state index < -0.39 is 0 Å². The Balaban J connectivity index is 0.000000246. The van der Waals surface area contributed by atoms with Crippen LogP contribution in [0.2, 0.25) is 0 Å². The van der Waals surface area contributed by atoms with Gasteiger partial charge in [-0.25, -0.2) is 0 Å². The Bertz CT molecular complexity index is 4740. The predicted octanol–water partition coefficient (Wildman–Crippen LogP) is 16.2. The van der Waals surface area contributed by atoms with Crippen LogP contribution in [0.3, 0.4) is 0 Å². The lowest BCUT2D eigenvalue weighted by Gasteiger charge is -2.27. The molecular weight excluding hydrogens is 1270 g/mol. The van der Waals surface area contributed by atoms with Crippen LogP contribution in [0.1, 0.15) is 180 Å². The van der Waals surface area contributed by atoms with E-state index in [1.165, 1.54) is 29.5 Å². The van der Waals surface area contributed by atoms with Crippen LogP contribution < -0.4 is 41.0 Å². The molecular formula is C75H98N6O14S2.